The Kier molecular flexibility index (Phi) is 25.1. The summed E-state index contributed by atoms with van der Waals surface area (Å²) in [6, 6.07) is 0. The van der Waals surface area contributed by atoms with Crippen LogP contribution in [0.3, 0.4) is 0 Å². The normalized spacial score (nSPS) is 12.2. The lowest BCUT2D eigenvalue weighted by atomic mass is 10.0. The van der Waals surface area contributed by atoms with E-state index in [0.717, 1.165) is 45.1 Å². The van der Waals surface area contributed by atoms with E-state index in [0.29, 0.717) is 26.2 Å². The van der Waals surface area contributed by atoms with Gasteiger partial charge in [-0.15, -0.1) is 0 Å². The Morgan fingerprint density at radius 2 is 1.06 bits per heavy atom. The van der Waals surface area contributed by atoms with Crippen LogP contribution in [0.4, 0.5) is 0 Å². The number of esters is 1. The summed E-state index contributed by atoms with van der Waals surface area (Å²) in [5, 5.41) is 0. The molecule has 0 rings (SSSR count). The summed E-state index contributed by atoms with van der Waals surface area (Å²) in [5.41, 5.74) is 0. The molecule has 0 spiro atoms. The number of carbonyl (C=O) groups is 1. The highest BCUT2D eigenvalue weighted by Gasteiger charge is 2.13. The molecule has 0 bridgehead atoms. The van der Waals surface area contributed by atoms with Crippen molar-refractivity contribution < 1.29 is 19.0 Å². The molecule has 0 fully saturated rings. The van der Waals surface area contributed by atoms with Gasteiger partial charge in [0.15, 0.2) is 0 Å². The second-order valence-corrected chi connectivity index (χ2v) is 8.95. The highest BCUT2D eigenvalue weighted by atomic mass is 16.6. The van der Waals surface area contributed by atoms with Crippen LogP contribution >= 0.6 is 0 Å². The highest BCUT2D eigenvalue weighted by molar-refractivity contribution is 5.69. The van der Waals surface area contributed by atoms with Gasteiger partial charge in [-0.2, -0.15) is 0 Å². The first-order valence-corrected chi connectivity index (χ1v) is 13.6. The standard InChI is InChI=1S/C27H54O4/c1-4-7-10-11-12-13-14-15-16-17-18-19-20-21-27(28)31-25-26(30-23-9-6-3)24-29-22-8-5-2/h26H,4-25H2,1-3H3/t26-/m1/s1. The van der Waals surface area contributed by atoms with Crippen molar-refractivity contribution in [2.45, 2.75) is 142 Å². The average Bonchev–Trinajstić information content (AvgIpc) is 2.77. The zero-order valence-corrected chi connectivity index (χ0v) is 21.3. The van der Waals surface area contributed by atoms with E-state index in [1.807, 2.05) is 0 Å². The summed E-state index contributed by atoms with van der Waals surface area (Å²) in [7, 11) is 0. The second kappa shape index (κ2) is 25.6. The average molecular weight is 443 g/mol. The molecule has 0 N–H and O–H groups in total. The third-order valence-electron chi connectivity index (χ3n) is 5.71. The summed E-state index contributed by atoms with van der Waals surface area (Å²) in [6.07, 6.45) is 21.8. The largest absolute Gasteiger partial charge is 0.463 e. The van der Waals surface area contributed by atoms with Crippen LogP contribution in [0.1, 0.15) is 136 Å². The molecular formula is C27H54O4. The van der Waals surface area contributed by atoms with E-state index >= 15 is 0 Å². The van der Waals surface area contributed by atoms with Gasteiger partial charge in [0.25, 0.3) is 0 Å². The van der Waals surface area contributed by atoms with Crippen molar-refractivity contribution in [3.05, 3.63) is 0 Å². The van der Waals surface area contributed by atoms with Crippen molar-refractivity contribution in [1.29, 1.82) is 0 Å². The van der Waals surface area contributed by atoms with Crippen molar-refractivity contribution in [2.75, 3.05) is 26.4 Å². The molecule has 0 aliphatic rings. The van der Waals surface area contributed by atoms with Crippen LogP contribution in [0, 0.1) is 0 Å². The maximum atomic E-state index is 12.0. The summed E-state index contributed by atoms with van der Waals surface area (Å²) in [4.78, 5) is 12.0. The molecule has 1 atom stereocenters. The fourth-order valence-corrected chi connectivity index (χ4v) is 3.55. The summed E-state index contributed by atoms with van der Waals surface area (Å²) in [6.45, 7) is 8.84. The van der Waals surface area contributed by atoms with Gasteiger partial charge in [0.05, 0.1) is 6.61 Å². The maximum absolute atomic E-state index is 12.0. The van der Waals surface area contributed by atoms with Crippen molar-refractivity contribution >= 4 is 5.97 Å². The Bertz CT molecular complexity index is 359. The van der Waals surface area contributed by atoms with Gasteiger partial charge in [-0.05, 0) is 19.3 Å². The number of ether oxygens (including phenoxy) is 3. The maximum Gasteiger partial charge on any atom is 0.305 e. The minimum absolute atomic E-state index is 0.0966. The minimum Gasteiger partial charge on any atom is -0.463 e. The van der Waals surface area contributed by atoms with E-state index in [1.54, 1.807) is 0 Å². The van der Waals surface area contributed by atoms with E-state index in [2.05, 4.69) is 20.8 Å². The van der Waals surface area contributed by atoms with Gasteiger partial charge in [0, 0.05) is 19.6 Å². The molecule has 0 aromatic heterocycles. The monoisotopic (exact) mass is 442 g/mol. The Morgan fingerprint density at radius 3 is 1.61 bits per heavy atom. The van der Waals surface area contributed by atoms with Gasteiger partial charge in [-0.25, -0.2) is 0 Å². The number of carbonyl (C=O) groups excluding carboxylic acids is 1. The molecule has 31 heavy (non-hydrogen) atoms. The van der Waals surface area contributed by atoms with Crippen LogP contribution in [-0.4, -0.2) is 38.5 Å². The number of hydrogen-bond donors (Lipinski definition) is 0. The first-order chi connectivity index (χ1) is 15.2. The second-order valence-electron chi connectivity index (χ2n) is 8.95. The smallest absolute Gasteiger partial charge is 0.305 e. The van der Waals surface area contributed by atoms with Gasteiger partial charge in [0.1, 0.15) is 12.7 Å². The van der Waals surface area contributed by atoms with Crippen molar-refractivity contribution in [3.8, 4) is 0 Å². The van der Waals surface area contributed by atoms with Gasteiger partial charge in [-0.3, -0.25) is 4.79 Å². The summed E-state index contributed by atoms with van der Waals surface area (Å²) >= 11 is 0. The molecule has 0 saturated heterocycles. The molecule has 0 amide bonds. The topological polar surface area (TPSA) is 44.8 Å². The molecular weight excluding hydrogens is 388 g/mol. The Hall–Kier alpha value is -0.610. The summed E-state index contributed by atoms with van der Waals surface area (Å²) < 4.78 is 17.0. The zero-order chi connectivity index (χ0) is 22.8. The molecule has 0 aliphatic heterocycles. The lowest BCUT2D eigenvalue weighted by Crippen LogP contribution is -2.28. The number of hydrogen-bond acceptors (Lipinski definition) is 4. The van der Waals surface area contributed by atoms with E-state index in [4.69, 9.17) is 14.2 Å². The molecule has 0 aromatic carbocycles. The SMILES string of the molecule is CCCCCCCCCCCCCCCC(=O)OC[C@@H](COCCCC)OCCCC. The number of rotatable bonds is 25. The van der Waals surface area contributed by atoms with Crippen molar-refractivity contribution in [1.82, 2.24) is 0 Å². The van der Waals surface area contributed by atoms with E-state index in [1.165, 1.54) is 70.6 Å². The quantitative estimate of drug-likeness (QED) is 0.106. The minimum atomic E-state index is -0.140. The first kappa shape index (κ1) is 30.4. The predicted molar refractivity (Wildman–Crippen MR) is 132 cm³/mol. The Balaban J connectivity index is 3.59. The van der Waals surface area contributed by atoms with Crippen LogP contribution < -0.4 is 0 Å². The van der Waals surface area contributed by atoms with E-state index in [9.17, 15) is 4.79 Å². The predicted octanol–water partition coefficient (Wildman–Crippen LogP) is 8.01. The molecule has 0 aromatic rings. The molecule has 4 heteroatoms. The Labute approximate surface area is 194 Å². The van der Waals surface area contributed by atoms with Crippen LogP contribution in [-0.2, 0) is 19.0 Å². The van der Waals surface area contributed by atoms with Gasteiger partial charge < -0.3 is 14.2 Å². The Morgan fingerprint density at radius 1 is 0.581 bits per heavy atom. The highest BCUT2D eigenvalue weighted by Crippen LogP contribution is 2.13. The van der Waals surface area contributed by atoms with Gasteiger partial charge in [0.2, 0.25) is 0 Å². The molecule has 0 radical (unpaired) electrons. The van der Waals surface area contributed by atoms with Crippen molar-refractivity contribution in [2.24, 2.45) is 0 Å². The van der Waals surface area contributed by atoms with E-state index < -0.39 is 0 Å². The third kappa shape index (κ3) is 23.9. The van der Waals surface area contributed by atoms with Crippen LogP contribution in [0.15, 0.2) is 0 Å². The van der Waals surface area contributed by atoms with Crippen LogP contribution in [0.25, 0.3) is 0 Å². The molecule has 4 nitrogen and oxygen atoms in total. The van der Waals surface area contributed by atoms with E-state index in [-0.39, 0.29) is 12.1 Å². The fourth-order valence-electron chi connectivity index (χ4n) is 3.55. The molecule has 0 saturated carbocycles. The summed E-state index contributed by atoms with van der Waals surface area (Å²) in [5.74, 6) is -0.0966. The lowest BCUT2D eigenvalue weighted by Gasteiger charge is -2.18. The lowest BCUT2D eigenvalue weighted by molar-refractivity contribution is -0.150. The zero-order valence-electron chi connectivity index (χ0n) is 21.3. The molecule has 0 unspecified atom stereocenters. The molecule has 0 aliphatic carbocycles. The van der Waals surface area contributed by atoms with Gasteiger partial charge >= 0.3 is 5.97 Å². The van der Waals surface area contributed by atoms with Crippen molar-refractivity contribution in [3.63, 3.8) is 0 Å². The number of unbranched alkanes of at least 4 members (excludes halogenated alkanes) is 14. The first-order valence-electron chi connectivity index (χ1n) is 13.6. The van der Waals surface area contributed by atoms with Crippen LogP contribution in [0.5, 0.6) is 0 Å². The van der Waals surface area contributed by atoms with Gasteiger partial charge in [-0.1, -0.05) is 111 Å². The molecule has 186 valence electrons. The van der Waals surface area contributed by atoms with Crippen LogP contribution in [0.2, 0.25) is 0 Å². The molecule has 0 heterocycles. The third-order valence-corrected chi connectivity index (χ3v) is 5.71. The fraction of sp³-hybridized carbons (Fsp3) is 0.963.